The molecule has 1 amide bonds. The van der Waals surface area contributed by atoms with Crippen LogP contribution in [0.25, 0.3) is 0 Å². The van der Waals surface area contributed by atoms with Crippen molar-refractivity contribution in [3.63, 3.8) is 0 Å². The van der Waals surface area contributed by atoms with Crippen molar-refractivity contribution in [1.29, 1.82) is 0 Å². The number of carbonyl (C=O) groups is 2. The molecule has 1 aliphatic heterocycles. The molecule has 0 aromatic heterocycles. The molecule has 1 unspecified atom stereocenters. The summed E-state index contributed by atoms with van der Waals surface area (Å²) in [6, 6.07) is 0. The molecule has 5 heteroatoms. The molecule has 1 heterocycles. The average molecular weight is 323 g/mol. The lowest BCUT2D eigenvalue weighted by Gasteiger charge is -2.24. The zero-order valence-electron chi connectivity index (χ0n) is 14.9. The zero-order chi connectivity index (χ0) is 17.6. The predicted octanol–water partition coefficient (Wildman–Crippen LogP) is 3.22. The van der Waals surface area contributed by atoms with Crippen LogP contribution in [0.1, 0.15) is 47.5 Å². The van der Waals surface area contributed by atoms with Gasteiger partial charge < -0.3 is 14.7 Å². The highest BCUT2D eigenvalue weighted by atomic mass is 16.5. The van der Waals surface area contributed by atoms with E-state index >= 15 is 0 Å². The number of likely N-dealkylation sites (tertiary alicyclic amines) is 1. The van der Waals surface area contributed by atoms with Crippen LogP contribution in [0.5, 0.6) is 0 Å². The Labute approximate surface area is 139 Å². The SMILES string of the molecule is C/C=C\C(=C(/C)OCC1CCN(C(=O)CC(=O)O)C1)C(C)(C)C. The van der Waals surface area contributed by atoms with Crippen molar-refractivity contribution in [1.82, 2.24) is 4.90 Å². The van der Waals surface area contributed by atoms with Crippen LogP contribution in [0.4, 0.5) is 0 Å². The minimum absolute atomic E-state index is 0.00968. The second kappa shape index (κ2) is 8.18. The molecule has 0 bridgehead atoms. The van der Waals surface area contributed by atoms with Crippen molar-refractivity contribution in [2.24, 2.45) is 11.3 Å². The Morgan fingerprint density at radius 1 is 1.35 bits per heavy atom. The number of nitrogens with zero attached hydrogens (tertiary/aromatic N) is 1. The van der Waals surface area contributed by atoms with Gasteiger partial charge in [0.05, 0.1) is 12.4 Å². The Morgan fingerprint density at radius 2 is 2.00 bits per heavy atom. The van der Waals surface area contributed by atoms with Crippen LogP contribution in [-0.2, 0) is 14.3 Å². The number of ether oxygens (including phenoxy) is 1. The second-order valence-electron chi connectivity index (χ2n) is 7.10. The first-order chi connectivity index (χ1) is 10.6. The molecule has 0 radical (unpaired) electrons. The van der Waals surface area contributed by atoms with Crippen LogP contribution in [0, 0.1) is 11.3 Å². The fraction of sp³-hybridized carbons (Fsp3) is 0.667. The minimum Gasteiger partial charge on any atom is -0.498 e. The summed E-state index contributed by atoms with van der Waals surface area (Å²) in [4.78, 5) is 24.0. The van der Waals surface area contributed by atoms with E-state index in [9.17, 15) is 9.59 Å². The molecule has 0 spiro atoms. The maximum atomic E-state index is 11.8. The van der Waals surface area contributed by atoms with Crippen LogP contribution in [0.3, 0.4) is 0 Å². The van der Waals surface area contributed by atoms with E-state index in [-0.39, 0.29) is 17.2 Å². The molecule has 1 saturated heterocycles. The number of rotatable bonds is 6. The van der Waals surface area contributed by atoms with Gasteiger partial charge in [0, 0.05) is 19.0 Å². The number of amides is 1. The third kappa shape index (κ3) is 6.08. The van der Waals surface area contributed by atoms with Gasteiger partial charge >= 0.3 is 5.97 Å². The van der Waals surface area contributed by atoms with E-state index in [4.69, 9.17) is 9.84 Å². The average Bonchev–Trinajstić information content (AvgIpc) is 2.89. The largest absolute Gasteiger partial charge is 0.498 e. The van der Waals surface area contributed by atoms with Gasteiger partial charge in [-0.15, -0.1) is 0 Å². The molecule has 1 rings (SSSR count). The van der Waals surface area contributed by atoms with Crippen molar-refractivity contribution >= 4 is 11.9 Å². The van der Waals surface area contributed by atoms with Crippen LogP contribution in [0.15, 0.2) is 23.5 Å². The first-order valence-electron chi connectivity index (χ1n) is 8.11. The van der Waals surface area contributed by atoms with E-state index < -0.39 is 12.4 Å². The van der Waals surface area contributed by atoms with E-state index in [2.05, 4.69) is 26.8 Å². The van der Waals surface area contributed by atoms with Gasteiger partial charge in [-0.1, -0.05) is 32.9 Å². The molecule has 0 aliphatic carbocycles. The lowest BCUT2D eigenvalue weighted by Crippen LogP contribution is -2.30. The summed E-state index contributed by atoms with van der Waals surface area (Å²) in [5, 5.41) is 8.69. The van der Waals surface area contributed by atoms with E-state index in [1.807, 2.05) is 19.9 Å². The summed E-state index contributed by atoms with van der Waals surface area (Å²) in [6.07, 6.45) is 4.51. The molecule has 1 atom stereocenters. The van der Waals surface area contributed by atoms with Crippen molar-refractivity contribution in [2.45, 2.75) is 47.5 Å². The van der Waals surface area contributed by atoms with Crippen LogP contribution >= 0.6 is 0 Å². The van der Waals surface area contributed by atoms with Crippen LogP contribution in [0.2, 0.25) is 0 Å². The third-order valence-electron chi connectivity index (χ3n) is 4.00. The molecule has 1 fully saturated rings. The Hall–Kier alpha value is -1.78. The molecule has 23 heavy (non-hydrogen) atoms. The third-order valence-corrected chi connectivity index (χ3v) is 4.00. The molecule has 1 aliphatic rings. The van der Waals surface area contributed by atoms with E-state index in [0.29, 0.717) is 19.7 Å². The highest BCUT2D eigenvalue weighted by molar-refractivity contribution is 5.93. The van der Waals surface area contributed by atoms with Gasteiger partial charge in [-0.05, 0) is 31.3 Å². The van der Waals surface area contributed by atoms with Crippen LogP contribution in [-0.4, -0.2) is 41.6 Å². The molecular weight excluding hydrogens is 294 g/mol. The Kier molecular flexibility index (Phi) is 6.85. The monoisotopic (exact) mass is 323 g/mol. The Bertz CT molecular complexity index is 500. The zero-order valence-corrected chi connectivity index (χ0v) is 14.9. The highest BCUT2D eigenvalue weighted by Gasteiger charge is 2.28. The summed E-state index contributed by atoms with van der Waals surface area (Å²) < 4.78 is 5.95. The number of carboxylic acids is 1. The number of carbonyl (C=O) groups excluding carboxylic acids is 1. The number of carboxylic acid groups (broad SMARTS) is 1. The van der Waals surface area contributed by atoms with Crippen molar-refractivity contribution in [2.75, 3.05) is 19.7 Å². The number of aliphatic carboxylic acids is 1. The van der Waals surface area contributed by atoms with Crippen molar-refractivity contribution in [3.05, 3.63) is 23.5 Å². The molecule has 1 N–H and O–H groups in total. The van der Waals surface area contributed by atoms with E-state index in [1.54, 1.807) is 4.90 Å². The van der Waals surface area contributed by atoms with E-state index in [1.165, 1.54) is 0 Å². The first kappa shape index (κ1) is 19.3. The van der Waals surface area contributed by atoms with Gasteiger partial charge in [-0.2, -0.15) is 0 Å². The fourth-order valence-electron chi connectivity index (χ4n) is 2.82. The van der Waals surface area contributed by atoms with Crippen molar-refractivity contribution in [3.8, 4) is 0 Å². The standard InChI is InChI=1S/C18H29NO4/c1-6-7-15(18(3,4)5)13(2)23-12-14-8-9-19(11-14)16(20)10-17(21)22/h6-7,14H,8-12H2,1-5H3,(H,21,22)/b7-6-,15-13-. The summed E-state index contributed by atoms with van der Waals surface area (Å²) >= 11 is 0. The van der Waals surface area contributed by atoms with Gasteiger partial charge in [0.1, 0.15) is 6.42 Å². The lowest BCUT2D eigenvalue weighted by atomic mass is 9.85. The molecule has 5 nitrogen and oxygen atoms in total. The summed E-state index contributed by atoms with van der Waals surface area (Å²) in [7, 11) is 0. The molecule has 0 saturated carbocycles. The number of hydrogen-bond donors (Lipinski definition) is 1. The quantitative estimate of drug-likeness (QED) is 0.463. The second-order valence-corrected chi connectivity index (χ2v) is 7.10. The van der Waals surface area contributed by atoms with Gasteiger partial charge in [0.2, 0.25) is 5.91 Å². The summed E-state index contributed by atoms with van der Waals surface area (Å²) in [5.74, 6) is -0.216. The Balaban J connectivity index is 2.59. The maximum absolute atomic E-state index is 11.8. The summed E-state index contributed by atoms with van der Waals surface area (Å²) in [5.41, 5.74) is 1.17. The van der Waals surface area contributed by atoms with Gasteiger partial charge in [0.15, 0.2) is 0 Å². The van der Waals surface area contributed by atoms with Gasteiger partial charge in [0.25, 0.3) is 0 Å². The predicted molar refractivity (Wildman–Crippen MR) is 89.9 cm³/mol. The number of allylic oxidation sites excluding steroid dienone is 4. The Morgan fingerprint density at radius 3 is 2.52 bits per heavy atom. The van der Waals surface area contributed by atoms with Gasteiger partial charge in [-0.3, -0.25) is 9.59 Å². The molecule has 0 aromatic rings. The normalized spacial score (nSPS) is 19.9. The topological polar surface area (TPSA) is 66.8 Å². The van der Waals surface area contributed by atoms with E-state index in [0.717, 1.165) is 17.8 Å². The van der Waals surface area contributed by atoms with Crippen molar-refractivity contribution < 1.29 is 19.4 Å². The molecule has 130 valence electrons. The summed E-state index contributed by atoms with van der Waals surface area (Å²) in [6.45, 7) is 12.2. The number of hydrogen-bond acceptors (Lipinski definition) is 3. The highest BCUT2D eigenvalue weighted by Crippen LogP contribution is 2.30. The smallest absolute Gasteiger partial charge is 0.312 e. The van der Waals surface area contributed by atoms with Crippen LogP contribution < -0.4 is 0 Å². The molecular formula is C18H29NO4. The molecule has 0 aromatic carbocycles. The lowest BCUT2D eigenvalue weighted by molar-refractivity contribution is -0.143. The van der Waals surface area contributed by atoms with Gasteiger partial charge in [-0.25, -0.2) is 0 Å². The first-order valence-corrected chi connectivity index (χ1v) is 8.11. The fourth-order valence-corrected chi connectivity index (χ4v) is 2.82. The minimum atomic E-state index is -1.07. The maximum Gasteiger partial charge on any atom is 0.312 e.